The number of hydrogen-bond acceptors (Lipinski definition) is 3. The Morgan fingerprint density at radius 2 is 1.71 bits per heavy atom. The van der Waals surface area contributed by atoms with Gasteiger partial charge in [-0.25, -0.2) is 0 Å². The normalized spacial score (nSPS) is 25.1. The van der Waals surface area contributed by atoms with Gasteiger partial charge in [0, 0.05) is 42.4 Å². The number of pyridine rings is 1. The first-order chi connectivity index (χ1) is 15.2. The van der Waals surface area contributed by atoms with Crippen molar-refractivity contribution in [3.63, 3.8) is 0 Å². The third kappa shape index (κ3) is 3.38. The maximum atomic E-state index is 12.6. The third-order valence-corrected chi connectivity index (χ3v) is 7.37. The number of fused-ring (bicyclic) bond motifs is 3. The number of aromatic nitrogens is 1. The summed E-state index contributed by atoms with van der Waals surface area (Å²) in [4.78, 5) is 19.4. The quantitative estimate of drug-likeness (QED) is 0.567. The number of amides is 1. The minimum Gasteiger partial charge on any atom is -0.490 e. The fourth-order valence-electron chi connectivity index (χ4n) is 5.63. The van der Waals surface area contributed by atoms with Gasteiger partial charge in [0.1, 0.15) is 11.9 Å². The molecule has 0 radical (unpaired) electrons. The summed E-state index contributed by atoms with van der Waals surface area (Å²) in [6.07, 6.45) is 8.44. The van der Waals surface area contributed by atoms with Gasteiger partial charge < -0.3 is 9.64 Å². The highest BCUT2D eigenvalue weighted by Gasteiger charge is 2.47. The molecule has 4 nitrogen and oxygen atoms in total. The number of nitrogens with zero attached hydrogens (tertiary/aromatic N) is 2. The molecule has 1 aliphatic carbocycles. The third-order valence-electron chi connectivity index (χ3n) is 7.37. The summed E-state index contributed by atoms with van der Waals surface area (Å²) in [5.41, 5.74) is 4.66. The van der Waals surface area contributed by atoms with Gasteiger partial charge >= 0.3 is 0 Å². The molecule has 3 aromatic rings. The summed E-state index contributed by atoms with van der Waals surface area (Å²) in [6.45, 7) is 2.14. The van der Waals surface area contributed by atoms with E-state index >= 15 is 0 Å². The molecule has 158 valence electrons. The van der Waals surface area contributed by atoms with Gasteiger partial charge in [0.15, 0.2) is 0 Å². The summed E-state index contributed by atoms with van der Waals surface area (Å²) in [6, 6.07) is 17.6. The molecule has 6 rings (SSSR count). The number of aryl methyl sites for hydroxylation is 1. The van der Waals surface area contributed by atoms with Crippen LogP contribution < -0.4 is 4.74 Å². The second kappa shape index (κ2) is 7.37. The highest BCUT2D eigenvalue weighted by atomic mass is 16.5. The van der Waals surface area contributed by atoms with Crippen molar-refractivity contribution < 1.29 is 9.53 Å². The Kier molecular flexibility index (Phi) is 4.48. The van der Waals surface area contributed by atoms with Crippen LogP contribution in [-0.4, -0.2) is 34.0 Å². The van der Waals surface area contributed by atoms with Crippen molar-refractivity contribution in [3.8, 4) is 16.9 Å². The lowest BCUT2D eigenvalue weighted by Crippen LogP contribution is -2.49. The molecular weight excluding hydrogens is 384 g/mol. The minimum atomic E-state index is 0.207. The van der Waals surface area contributed by atoms with E-state index < -0.39 is 0 Å². The van der Waals surface area contributed by atoms with E-state index in [1.54, 1.807) is 0 Å². The Morgan fingerprint density at radius 3 is 2.42 bits per heavy atom. The lowest BCUT2D eigenvalue weighted by atomic mass is 9.97. The topological polar surface area (TPSA) is 42.4 Å². The van der Waals surface area contributed by atoms with Crippen LogP contribution in [0.5, 0.6) is 5.75 Å². The molecule has 3 aliphatic rings. The smallest absolute Gasteiger partial charge is 0.226 e. The van der Waals surface area contributed by atoms with Gasteiger partial charge in [-0.05, 0) is 67.5 Å². The van der Waals surface area contributed by atoms with Crippen molar-refractivity contribution in [2.45, 2.75) is 63.6 Å². The minimum absolute atomic E-state index is 0.207. The molecule has 4 heteroatoms. The van der Waals surface area contributed by atoms with Crippen LogP contribution in [-0.2, 0) is 4.79 Å². The van der Waals surface area contributed by atoms with E-state index in [1.165, 1.54) is 22.1 Å². The monoisotopic (exact) mass is 412 g/mol. The SMILES string of the molecule is Cc1c(-c2ccc(OC3CC4CC[C@@H](C3)N4C(=O)C3CC3)cc2)ccc2cccnc12. The van der Waals surface area contributed by atoms with E-state index in [9.17, 15) is 4.79 Å². The van der Waals surface area contributed by atoms with Gasteiger partial charge in [-0.1, -0.05) is 30.3 Å². The fraction of sp³-hybridized carbons (Fsp3) is 0.407. The van der Waals surface area contributed by atoms with Crippen LogP contribution >= 0.6 is 0 Å². The molecule has 3 heterocycles. The zero-order chi connectivity index (χ0) is 20.9. The zero-order valence-electron chi connectivity index (χ0n) is 18.0. The molecule has 0 spiro atoms. The van der Waals surface area contributed by atoms with Crippen LogP contribution in [0.3, 0.4) is 0 Å². The molecule has 3 atom stereocenters. The average molecular weight is 413 g/mol. The van der Waals surface area contributed by atoms with E-state index in [1.807, 2.05) is 12.3 Å². The van der Waals surface area contributed by atoms with Crippen LogP contribution in [0, 0.1) is 12.8 Å². The highest BCUT2D eigenvalue weighted by Crippen LogP contribution is 2.42. The van der Waals surface area contributed by atoms with Crippen LogP contribution in [0.4, 0.5) is 0 Å². The predicted molar refractivity (Wildman–Crippen MR) is 122 cm³/mol. The van der Waals surface area contributed by atoms with Crippen molar-refractivity contribution in [1.29, 1.82) is 0 Å². The van der Waals surface area contributed by atoms with Gasteiger partial charge in [0.25, 0.3) is 0 Å². The first kappa shape index (κ1) is 18.9. The van der Waals surface area contributed by atoms with Gasteiger partial charge in [-0.15, -0.1) is 0 Å². The second-order valence-electron chi connectivity index (χ2n) is 9.45. The Hall–Kier alpha value is -2.88. The highest BCUT2D eigenvalue weighted by molar-refractivity contribution is 5.88. The van der Waals surface area contributed by atoms with E-state index in [0.29, 0.717) is 23.9 Å². The average Bonchev–Trinajstić information content (AvgIpc) is 3.60. The molecule has 2 unspecified atom stereocenters. The molecule has 1 saturated carbocycles. The van der Waals surface area contributed by atoms with Gasteiger partial charge in [-0.2, -0.15) is 0 Å². The molecule has 31 heavy (non-hydrogen) atoms. The van der Waals surface area contributed by atoms with Gasteiger partial charge in [0.05, 0.1) is 5.52 Å². The summed E-state index contributed by atoms with van der Waals surface area (Å²) < 4.78 is 6.38. The number of rotatable bonds is 4. The number of carbonyl (C=O) groups is 1. The van der Waals surface area contributed by atoms with Crippen molar-refractivity contribution in [2.75, 3.05) is 0 Å². The molecule has 0 N–H and O–H groups in total. The summed E-state index contributed by atoms with van der Waals surface area (Å²) in [5, 5.41) is 1.17. The molecule has 2 aromatic carbocycles. The summed E-state index contributed by atoms with van der Waals surface area (Å²) in [7, 11) is 0. The van der Waals surface area contributed by atoms with Crippen LogP contribution in [0.2, 0.25) is 0 Å². The Balaban J connectivity index is 1.17. The maximum Gasteiger partial charge on any atom is 0.226 e. The van der Waals surface area contributed by atoms with Crippen molar-refractivity contribution >= 4 is 16.8 Å². The largest absolute Gasteiger partial charge is 0.490 e. The van der Waals surface area contributed by atoms with E-state index in [0.717, 1.165) is 49.8 Å². The van der Waals surface area contributed by atoms with E-state index in [4.69, 9.17) is 4.74 Å². The van der Waals surface area contributed by atoms with Gasteiger partial charge in [0.2, 0.25) is 5.91 Å². The Morgan fingerprint density at radius 1 is 0.968 bits per heavy atom. The Bertz CT molecular complexity index is 1120. The van der Waals surface area contributed by atoms with Crippen LogP contribution in [0.25, 0.3) is 22.0 Å². The van der Waals surface area contributed by atoms with E-state index in [-0.39, 0.29) is 6.10 Å². The Labute approximate surface area is 183 Å². The van der Waals surface area contributed by atoms with Crippen LogP contribution in [0.15, 0.2) is 54.7 Å². The molecule has 3 fully saturated rings. The van der Waals surface area contributed by atoms with E-state index in [2.05, 4.69) is 59.3 Å². The first-order valence-electron chi connectivity index (χ1n) is 11.6. The molecule has 1 aromatic heterocycles. The predicted octanol–water partition coefficient (Wildman–Crippen LogP) is 5.52. The second-order valence-corrected chi connectivity index (χ2v) is 9.45. The molecular formula is C27H28N2O2. The number of ether oxygens (including phenoxy) is 1. The van der Waals surface area contributed by atoms with Crippen molar-refractivity contribution in [2.24, 2.45) is 5.92 Å². The van der Waals surface area contributed by atoms with Crippen molar-refractivity contribution in [1.82, 2.24) is 9.88 Å². The number of carbonyl (C=O) groups excluding carboxylic acids is 1. The molecule has 1 amide bonds. The van der Waals surface area contributed by atoms with Crippen molar-refractivity contribution in [3.05, 3.63) is 60.3 Å². The molecule has 2 saturated heterocycles. The fourth-order valence-corrected chi connectivity index (χ4v) is 5.63. The lowest BCUT2D eigenvalue weighted by molar-refractivity contribution is -0.138. The zero-order valence-corrected chi connectivity index (χ0v) is 18.0. The lowest BCUT2D eigenvalue weighted by Gasteiger charge is -2.39. The van der Waals surface area contributed by atoms with Gasteiger partial charge in [-0.3, -0.25) is 9.78 Å². The first-order valence-corrected chi connectivity index (χ1v) is 11.6. The number of piperidine rings is 1. The summed E-state index contributed by atoms with van der Waals surface area (Å²) in [5.74, 6) is 1.66. The summed E-state index contributed by atoms with van der Waals surface area (Å²) >= 11 is 0. The van der Waals surface area contributed by atoms with Crippen LogP contribution in [0.1, 0.15) is 44.1 Å². The number of hydrogen-bond donors (Lipinski definition) is 0. The number of benzene rings is 2. The maximum absolute atomic E-state index is 12.6. The molecule has 2 aliphatic heterocycles. The standard InChI is InChI=1S/C27H28N2O2/c1-17-25(13-8-19-3-2-14-28-26(17)19)18-6-11-23(12-7-18)31-24-15-21-9-10-22(16-24)29(21)27(30)20-4-5-20/h2-3,6-8,11-14,20-22,24H,4-5,9-10,15-16H2,1H3/t21-,22?,24?/m0/s1. The molecule has 2 bridgehead atoms.